The van der Waals surface area contributed by atoms with Gasteiger partial charge >= 0.3 is 0 Å². The summed E-state index contributed by atoms with van der Waals surface area (Å²) in [6.07, 6.45) is 0. The summed E-state index contributed by atoms with van der Waals surface area (Å²) in [7, 11) is -14.4. The van der Waals surface area contributed by atoms with E-state index in [0.717, 1.165) is 6.07 Å². The van der Waals surface area contributed by atoms with Gasteiger partial charge in [-0.15, -0.1) is 0 Å². The van der Waals surface area contributed by atoms with Gasteiger partial charge in [0.15, 0.2) is 0 Å². The van der Waals surface area contributed by atoms with E-state index in [1.54, 1.807) is 0 Å². The van der Waals surface area contributed by atoms with Gasteiger partial charge < -0.3 is 5.48 Å². The summed E-state index contributed by atoms with van der Waals surface area (Å²) < 4.78 is 99.3. The molecule has 13 heteroatoms. The molecule has 154 valence electrons. The maximum atomic E-state index is 11.8. The third-order valence-electron chi connectivity index (χ3n) is 4.50. The van der Waals surface area contributed by atoms with Crippen LogP contribution in [0.15, 0.2) is 57.2 Å². The molecule has 0 aliphatic rings. The van der Waals surface area contributed by atoms with Crippen LogP contribution < -0.4 is 0 Å². The van der Waals surface area contributed by atoms with Crippen molar-refractivity contribution < 1.29 is 44.4 Å². The average molecular weight is 460 g/mol. The number of hydrogen-bond donors (Lipinski definition) is 3. The van der Waals surface area contributed by atoms with E-state index in [0.29, 0.717) is 11.5 Å². The zero-order chi connectivity index (χ0) is 20.6. The fourth-order valence-corrected chi connectivity index (χ4v) is 5.65. The molecule has 5 N–H and O–H groups in total. The standard InChI is InChI=1S/C16H10O9S3.H2O/c17-26(18,19)12-6-2-8-1-3-10-13(27(20,21)22)7-14(28(23,24)25)11-5-4-9(12)15(8)16(10)11;/h1-7H,(H,17,18,19)(H,20,21,22)(H,23,24,25);1H2. The predicted octanol–water partition coefficient (Wildman–Crippen LogP) is 1.50. The molecule has 0 saturated heterocycles. The van der Waals surface area contributed by atoms with Gasteiger partial charge in [0.05, 0.1) is 0 Å². The molecule has 0 heterocycles. The maximum Gasteiger partial charge on any atom is 0.295 e. The lowest BCUT2D eigenvalue weighted by molar-refractivity contribution is 0.480. The minimum atomic E-state index is -4.89. The van der Waals surface area contributed by atoms with Crippen LogP contribution in [0.25, 0.3) is 32.3 Å². The summed E-state index contributed by atoms with van der Waals surface area (Å²) >= 11 is 0. The Bertz CT molecular complexity index is 1570. The zero-order valence-electron chi connectivity index (χ0n) is 14.1. The minimum absolute atomic E-state index is 0. The number of rotatable bonds is 3. The molecule has 0 saturated carbocycles. The normalized spacial score (nSPS) is 13.2. The first-order valence-electron chi connectivity index (χ1n) is 7.47. The summed E-state index contributed by atoms with van der Waals surface area (Å²) in [5.41, 5.74) is 0. The van der Waals surface area contributed by atoms with Crippen LogP contribution in [0.3, 0.4) is 0 Å². The van der Waals surface area contributed by atoms with Gasteiger partial charge in [0.2, 0.25) is 0 Å². The SMILES string of the molecule is O.O=S(=O)(O)c1ccc2ccc3c(S(=O)(=O)O)cc(S(=O)(=O)O)c4ccc1c2c34. The van der Waals surface area contributed by atoms with Crippen molar-refractivity contribution in [2.24, 2.45) is 0 Å². The first-order valence-corrected chi connectivity index (χ1v) is 11.8. The van der Waals surface area contributed by atoms with Gasteiger partial charge in [0.1, 0.15) is 14.7 Å². The van der Waals surface area contributed by atoms with Crippen LogP contribution in [-0.4, -0.2) is 44.4 Å². The Morgan fingerprint density at radius 3 is 1.34 bits per heavy atom. The van der Waals surface area contributed by atoms with Crippen molar-refractivity contribution in [1.82, 2.24) is 0 Å². The highest BCUT2D eigenvalue weighted by atomic mass is 32.2. The largest absolute Gasteiger partial charge is 0.412 e. The first kappa shape index (κ1) is 21.3. The molecule has 0 radical (unpaired) electrons. The lowest BCUT2D eigenvalue weighted by atomic mass is 9.94. The van der Waals surface area contributed by atoms with Gasteiger partial charge in [-0.1, -0.05) is 30.3 Å². The van der Waals surface area contributed by atoms with Crippen molar-refractivity contribution in [3.63, 3.8) is 0 Å². The number of hydrogen-bond acceptors (Lipinski definition) is 6. The highest BCUT2D eigenvalue weighted by Gasteiger charge is 2.26. The van der Waals surface area contributed by atoms with E-state index in [2.05, 4.69) is 0 Å². The molecule has 0 spiro atoms. The highest BCUT2D eigenvalue weighted by molar-refractivity contribution is 7.87. The van der Waals surface area contributed by atoms with Crippen molar-refractivity contribution in [1.29, 1.82) is 0 Å². The molecule has 10 nitrogen and oxygen atoms in total. The van der Waals surface area contributed by atoms with Gasteiger partial charge in [-0.25, -0.2) is 0 Å². The molecule has 29 heavy (non-hydrogen) atoms. The van der Waals surface area contributed by atoms with E-state index in [-0.39, 0.29) is 32.4 Å². The van der Waals surface area contributed by atoms with Gasteiger partial charge in [0, 0.05) is 21.5 Å². The summed E-state index contributed by atoms with van der Waals surface area (Å²) in [6.45, 7) is 0. The van der Waals surface area contributed by atoms with Crippen LogP contribution >= 0.6 is 0 Å². The predicted molar refractivity (Wildman–Crippen MR) is 103 cm³/mol. The lowest BCUT2D eigenvalue weighted by Gasteiger charge is -2.16. The van der Waals surface area contributed by atoms with E-state index >= 15 is 0 Å². The van der Waals surface area contributed by atoms with Crippen LogP contribution in [0.2, 0.25) is 0 Å². The lowest BCUT2D eigenvalue weighted by Crippen LogP contribution is -2.06. The first-order chi connectivity index (χ1) is 12.8. The van der Waals surface area contributed by atoms with Gasteiger partial charge in [-0.3, -0.25) is 13.7 Å². The van der Waals surface area contributed by atoms with Crippen LogP contribution in [-0.2, 0) is 30.4 Å². The summed E-state index contributed by atoms with van der Waals surface area (Å²) in [4.78, 5) is -1.99. The van der Waals surface area contributed by atoms with Crippen LogP contribution in [0.4, 0.5) is 0 Å². The van der Waals surface area contributed by atoms with Crippen LogP contribution in [0.5, 0.6) is 0 Å². The highest BCUT2D eigenvalue weighted by Crippen LogP contribution is 2.41. The second kappa shape index (κ2) is 6.30. The third-order valence-corrected chi connectivity index (χ3v) is 7.20. The minimum Gasteiger partial charge on any atom is -0.412 e. The molecule has 0 bridgehead atoms. The molecule has 0 aliphatic carbocycles. The molecule has 0 aliphatic heterocycles. The summed E-state index contributed by atoms with van der Waals surface area (Å²) in [5, 5.41) is 0.455. The Hall–Kier alpha value is -2.39. The van der Waals surface area contributed by atoms with Gasteiger partial charge in [-0.2, -0.15) is 25.3 Å². The summed E-state index contributed by atoms with van der Waals surface area (Å²) in [6, 6.07) is 8.37. The topological polar surface area (TPSA) is 195 Å². The maximum absolute atomic E-state index is 11.8. The third kappa shape index (κ3) is 3.22. The molecule has 4 rings (SSSR count). The number of benzene rings is 4. The monoisotopic (exact) mass is 460 g/mol. The fourth-order valence-electron chi connectivity index (χ4n) is 3.46. The van der Waals surface area contributed by atoms with Gasteiger partial charge in [0.25, 0.3) is 30.4 Å². The molecular formula is C16H12O10S3. The Balaban J connectivity index is 0.00000240. The molecule has 0 aromatic heterocycles. The molecule has 4 aromatic carbocycles. The Morgan fingerprint density at radius 1 is 0.517 bits per heavy atom. The van der Waals surface area contributed by atoms with Gasteiger partial charge in [-0.05, 0) is 22.9 Å². The average Bonchev–Trinajstić information content (AvgIpc) is 2.55. The van der Waals surface area contributed by atoms with E-state index in [4.69, 9.17) is 0 Å². The Morgan fingerprint density at radius 2 is 0.897 bits per heavy atom. The van der Waals surface area contributed by atoms with Crippen molar-refractivity contribution in [2.75, 3.05) is 0 Å². The second-order valence-electron chi connectivity index (χ2n) is 6.11. The van der Waals surface area contributed by atoms with Crippen molar-refractivity contribution >= 4 is 62.7 Å². The Labute approximate surface area is 164 Å². The smallest absolute Gasteiger partial charge is 0.295 e. The van der Waals surface area contributed by atoms with Crippen molar-refractivity contribution in [2.45, 2.75) is 14.7 Å². The van der Waals surface area contributed by atoms with Crippen LogP contribution in [0.1, 0.15) is 0 Å². The van der Waals surface area contributed by atoms with Crippen molar-refractivity contribution in [3.05, 3.63) is 42.5 Å². The molecule has 0 fully saturated rings. The zero-order valence-corrected chi connectivity index (χ0v) is 16.5. The molecule has 4 aromatic rings. The summed E-state index contributed by atoms with van der Waals surface area (Å²) in [5.74, 6) is 0. The fraction of sp³-hybridized carbons (Fsp3) is 0. The second-order valence-corrected chi connectivity index (χ2v) is 10.3. The Kier molecular flexibility index (Phi) is 4.63. The molecule has 0 atom stereocenters. The van der Waals surface area contributed by atoms with Crippen LogP contribution in [0, 0.1) is 0 Å². The van der Waals surface area contributed by atoms with E-state index in [1.165, 1.54) is 30.3 Å². The van der Waals surface area contributed by atoms with E-state index < -0.39 is 45.0 Å². The quantitative estimate of drug-likeness (QED) is 0.300. The van der Waals surface area contributed by atoms with E-state index in [9.17, 15) is 38.9 Å². The van der Waals surface area contributed by atoms with E-state index in [1.807, 2.05) is 0 Å². The molecular weight excluding hydrogens is 448 g/mol. The molecule has 0 unspecified atom stereocenters. The molecule has 0 amide bonds. The van der Waals surface area contributed by atoms with Crippen molar-refractivity contribution in [3.8, 4) is 0 Å².